The van der Waals surface area contributed by atoms with E-state index in [2.05, 4.69) is 10.2 Å². The molecule has 0 aromatic carbocycles. The fourth-order valence-corrected chi connectivity index (χ4v) is 3.23. The first-order valence-corrected chi connectivity index (χ1v) is 7.45. The van der Waals surface area contributed by atoms with Crippen molar-refractivity contribution in [2.24, 2.45) is 17.6 Å². The van der Waals surface area contributed by atoms with Crippen LogP contribution in [0.4, 0.5) is 0 Å². The Hall–Kier alpha value is -0.320. The van der Waals surface area contributed by atoms with Crippen LogP contribution in [0, 0.1) is 11.8 Å². The predicted molar refractivity (Wildman–Crippen MR) is 80.4 cm³/mol. The third-order valence-corrected chi connectivity index (χ3v) is 4.51. The molecular weight excluding hydrogens is 262 g/mol. The van der Waals surface area contributed by atoms with Crippen LogP contribution in [0.1, 0.15) is 38.5 Å². The number of halogens is 1. The maximum absolute atomic E-state index is 10.9. The van der Waals surface area contributed by atoms with Crippen molar-refractivity contribution in [3.05, 3.63) is 0 Å². The molecule has 2 aliphatic heterocycles. The number of rotatable bonds is 5. The summed E-state index contributed by atoms with van der Waals surface area (Å²) in [5.74, 6) is 1.33. The number of nitrogens with one attached hydrogen (secondary N) is 1. The molecule has 112 valence electrons. The van der Waals surface area contributed by atoms with E-state index in [0.717, 1.165) is 31.8 Å². The van der Waals surface area contributed by atoms with Gasteiger partial charge in [-0.25, -0.2) is 0 Å². The van der Waals surface area contributed by atoms with Gasteiger partial charge in [-0.05, 0) is 76.7 Å². The van der Waals surface area contributed by atoms with E-state index in [9.17, 15) is 4.79 Å². The second-order valence-electron chi connectivity index (χ2n) is 5.94. The Bertz CT molecular complexity index is 261. The van der Waals surface area contributed by atoms with Gasteiger partial charge in [-0.1, -0.05) is 0 Å². The van der Waals surface area contributed by atoms with E-state index in [0.29, 0.717) is 12.3 Å². The fraction of sp³-hybridized carbons (Fsp3) is 0.929. The number of likely N-dealkylation sites (tertiary alicyclic amines) is 1. The van der Waals surface area contributed by atoms with Crippen LogP contribution in [0.2, 0.25) is 0 Å². The molecule has 0 radical (unpaired) electrons. The van der Waals surface area contributed by atoms with Crippen molar-refractivity contribution >= 4 is 18.3 Å². The number of amides is 1. The van der Waals surface area contributed by atoms with Gasteiger partial charge in [0.15, 0.2) is 0 Å². The standard InChI is InChI=1S/C14H27N3O.ClH/c15-14(18)11-13-4-9-17(10-5-13)8-3-12-1-6-16-7-2-12;/h12-13,16H,1-11H2,(H2,15,18);1H. The molecule has 3 N–H and O–H groups in total. The highest BCUT2D eigenvalue weighted by Gasteiger charge is 2.21. The van der Waals surface area contributed by atoms with Crippen LogP contribution in [-0.2, 0) is 4.79 Å². The number of carbonyl (C=O) groups is 1. The molecule has 1 amide bonds. The van der Waals surface area contributed by atoms with Crippen molar-refractivity contribution in [3.8, 4) is 0 Å². The minimum absolute atomic E-state index is 0. The van der Waals surface area contributed by atoms with Gasteiger partial charge in [0.1, 0.15) is 0 Å². The van der Waals surface area contributed by atoms with E-state index in [1.165, 1.54) is 38.9 Å². The largest absolute Gasteiger partial charge is 0.370 e. The zero-order chi connectivity index (χ0) is 12.8. The lowest BCUT2D eigenvalue weighted by Crippen LogP contribution is -2.37. The lowest BCUT2D eigenvalue weighted by molar-refractivity contribution is -0.119. The lowest BCUT2D eigenvalue weighted by atomic mass is 9.91. The SMILES string of the molecule is Cl.NC(=O)CC1CCN(CCC2CCNCC2)CC1. The zero-order valence-electron chi connectivity index (χ0n) is 11.8. The lowest BCUT2D eigenvalue weighted by Gasteiger charge is -2.33. The molecule has 2 rings (SSSR count). The molecule has 4 nitrogen and oxygen atoms in total. The van der Waals surface area contributed by atoms with Crippen LogP contribution in [0.3, 0.4) is 0 Å². The van der Waals surface area contributed by atoms with E-state index in [1.54, 1.807) is 0 Å². The molecule has 0 saturated carbocycles. The highest BCUT2D eigenvalue weighted by Crippen LogP contribution is 2.22. The van der Waals surface area contributed by atoms with Crippen LogP contribution in [-0.4, -0.2) is 43.5 Å². The van der Waals surface area contributed by atoms with Gasteiger partial charge < -0.3 is 16.0 Å². The molecule has 0 aromatic heterocycles. The Labute approximate surface area is 122 Å². The normalized spacial score (nSPS) is 22.9. The first-order valence-electron chi connectivity index (χ1n) is 7.45. The maximum Gasteiger partial charge on any atom is 0.217 e. The predicted octanol–water partition coefficient (Wildman–Crippen LogP) is 1.39. The maximum atomic E-state index is 10.9. The van der Waals surface area contributed by atoms with Gasteiger partial charge in [0.25, 0.3) is 0 Å². The van der Waals surface area contributed by atoms with E-state index >= 15 is 0 Å². The first-order chi connectivity index (χ1) is 8.74. The third kappa shape index (κ3) is 6.11. The van der Waals surface area contributed by atoms with E-state index in [1.807, 2.05) is 0 Å². The summed E-state index contributed by atoms with van der Waals surface area (Å²) in [7, 11) is 0. The topological polar surface area (TPSA) is 58.4 Å². The average molecular weight is 290 g/mol. The fourth-order valence-electron chi connectivity index (χ4n) is 3.23. The second-order valence-corrected chi connectivity index (χ2v) is 5.94. The molecule has 2 aliphatic rings. The van der Waals surface area contributed by atoms with Gasteiger partial charge in [0, 0.05) is 6.42 Å². The number of hydrogen-bond acceptors (Lipinski definition) is 3. The molecule has 0 atom stereocenters. The quantitative estimate of drug-likeness (QED) is 0.804. The van der Waals surface area contributed by atoms with E-state index < -0.39 is 0 Å². The van der Waals surface area contributed by atoms with Crippen LogP contribution in [0.25, 0.3) is 0 Å². The van der Waals surface area contributed by atoms with Crippen molar-refractivity contribution < 1.29 is 4.79 Å². The summed E-state index contributed by atoms with van der Waals surface area (Å²) in [5, 5.41) is 3.42. The molecule has 0 aromatic rings. The number of primary amides is 1. The molecule has 0 unspecified atom stereocenters. The minimum atomic E-state index is -0.136. The monoisotopic (exact) mass is 289 g/mol. The Kier molecular flexibility index (Phi) is 7.73. The van der Waals surface area contributed by atoms with Crippen LogP contribution in [0.15, 0.2) is 0 Å². The van der Waals surface area contributed by atoms with Gasteiger partial charge >= 0.3 is 0 Å². The Morgan fingerprint density at radius 2 is 1.74 bits per heavy atom. The summed E-state index contributed by atoms with van der Waals surface area (Å²) in [5.41, 5.74) is 5.26. The second kappa shape index (κ2) is 8.77. The molecule has 2 saturated heterocycles. The van der Waals surface area contributed by atoms with Gasteiger partial charge in [-0.15, -0.1) is 12.4 Å². The Morgan fingerprint density at radius 1 is 1.11 bits per heavy atom. The smallest absolute Gasteiger partial charge is 0.217 e. The van der Waals surface area contributed by atoms with Crippen molar-refractivity contribution in [1.29, 1.82) is 0 Å². The van der Waals surface area contributed by atoms with Gasteiger partial charge in [0.05, 0.1) is 0 Å². The highest BCUT2D eigenvalue weighted by atomic mass is 35.5. The summed E-state index contributed by atoms with van der Waals surface area (Å²) < 4.78 is 0. The average Bonchev–Trinajstić information content (AvgIpc) is 2.38. The molecule has 19 heavy (non-hydrogen) atoms. The number of nitrogens with zero attached hydrogens (tertiary/aromatic N) is 1. The molecule has 0 aliphatic carbocycles. The van der Waals surface area contributed by atoms with E-state index in [4.69, 9.17) is 5.73 Å². The van der Waals surface area contributed by atoms with Crippen LogP contribution in [0.5, 0.6) is 0 Å². The molecule has 0 spiro atoms. The first kappa shape index (κ1) is 16.7. The number of piperidine rings is 2. The highest BCUT2D eigenvalue weighted by molar-refractivity contribution is 5.85. The number of hydrogen-bond donors (Lipinski definition) is 2. The summed E-state index contributed by atoms with van der Waals surface area (Å²) in [6, 6.07) is 0. The number of nitrogens with two attached hydrogens (primary N) is 1. The van der Waals surface area contributed by atoms with Gasteiger partial charge in [0.2, 0.25) is 5.91 Å². The molecular formula is C14H28ClN3O. The van der Waals surface area contributed by atoms with Crippen molar-refractivity contribution in [1.82, 2.24) is 10.2 Å². The Balaban J connectivity index is 0.00000180. The zero-order valence-corrected chi connectivity index (χ0v) is 12.6. The van der Waals surface area contributed by atoms with Gasteiger partial charge in [-0.3, -0.25) is 4.79 Å². The van der Waals surface area contributed by atoms with Crippen molar-refractivity contribution in [3.63, 3.8) is 0 Å². The summed E-state index contributed by atoms with van der Waals surface area (Å²) in [4.78, 5) is 13.5. The summed E-state index contributed by atoms with van der Waals surface area (Å²) in [6.07, 6.45) is 6.92. The molecule has 2 heterocycles. The van der Waals surface area contributed by atoms with E-state index in [-0.39, 0.29) is 18.3 Å². The summed E-state index contributed by atoms with van der Waals surface area (Å²) in [6.45, 7) is 5.95. The summed E-state index contributed by atoms with van der Waals surface area (Å²) >= 11 is 0. The van der Waals surface area contributed by atoms with Crippen LogP contribution >= 0.6 is 12.4 Å². The molecule has 2 fully saturated rings. The van der Waals surface area contributed by atoms with Crippen LogP contribution < -0.4 is 11.1 Å². The Morgan fingerprint density at radius 3 is 2.32 bits per heavy atom. The van der Waals surface area contributed by atoms with Crippen molar-refractivity contribution in [2.45, 2.75) is 38.5 Å². The third-order valence-electron chi connectivity index (χ3n) is 4.51. The van der Waals surface area contributed by atoms with Gasteiger partial charge in [-0.2, -0.15) is 0 Å². The molecule has 0 bridgehead atoms. The minimum Gasteiger partial charge on any atom is -0.370 e. The number of carbonyl (C=O) groups excluding carboxylic acids is 1. The van der Waals surface area contributed by atoms with Crippen molar-refractivity contribution in [2.75, 3.05) is 32.7 Å². The molecule has 5 heteroatoms.